The van der Waals surface area contributed by atoms with E-state index in [1.807, 2.05) is 0 Å². The molecule has 0 unspecified atom stereocenters. The van der Waals surface area contributed by atoms with E-state index in [-0.39, 0.29) is 17.4 Å². The Morgan fingerprint density at radius 3 is 3.00 bits per heavy atom. The van der Waals surface area contributed by atoms with Gasteiger partial charge in [0.25, 0.3) is 11.7 Å². The first-order valence-corrected chi connectivity index (χ1v) is 5.56. The van der Waals surface area contributed by atoms with Gasteiger partial charge in [-0.3, -0.25) is 4.79 Å². The lowest BCUT2D eigenvalue weighted by atomic mass is 10.4. The number of rotatable bonds is 6. The zero-order chi connectivity index (χ0) is 12.0. The van der Waals surface area contributed by atoms with Crippen molar-refractivity contribution in [3.63, 3.8) is 0 Å². The Hall–Kier alpha value is -1.30. The van der Waals surface area contributed by atoms with Gasteiger partial charge in [0.2, 0.25) is 0 Å². The highest BCUT2D eigenvalue weighted by Gasteiger charge is 2.11. The van der Waals surface area contributed by atoms with Gasteiger partial charge in [0.1, 0.15) is 5.76 Å². The summed E-state index contributed by atoms with van der Waals surface area (Å²) in [6, 6.07) is 2.97. The highest BCUT2D eigenvalue weighted by atomic mass is 32.2. The third kappa shape index (κ3) is 4.06. The second-order valence-corrected chi connectivity index (χ2v) is 3.81. The van der Waals surface area contributed by atoms with E-state index >= 15 is 0 Å². The number of hydrogen-bond donors (Lipinski definition) is 1. The number of alkyl halides is 2. The van der Waals surface area contributed by atoms with Gasteiger partial charge in [-0.15, -0.1) is 6.58 Å². The molecule has 1 aromatic rings. The van der Waals surface area contributed by atoms with Crippen LogP contribution < -0.4 is 5.32 Å². The number of carbonyl (C=O) groups excluding carboxylic acids is 1. The Balaban J connectivity index is 2.50. The summed E-state index contributed by atoms with van der Waals surface area (Å²) in [4.78, 5) is 11.3. The molecule has 16 heavy (non-hydrogen) atoms. The maximum atomic E-state index is 11.9. The molecule has 1 N–H and O–H groups in total. The largest absolute Gasteiger partial charge is 0.455 e. The van der Waals surface area contributed by atoms with Crippen molar-refractivity contribution in [1.82, 2.24) is 5.32 Å². The molecule has 0 atom stereocenters. The number of halogens is 2. The zero-order valence-corrected chi connectivity index (χ0v) is 9.23. The summed E-state index contributed by atoms with van der Waals surface area (Å²) in [7, 11) is 0. The molecule has 0 radical (unpaired) electrons. The van der Waals surface area contributed by atoms with Crippen LogP contribution in [-0.2, 0) is 5.75 Å². The molecule has 0 fully saturated rings. The van der Waals surface area contributed by atoms with E-state index in [1.165, 1.54) is 18.2 Å². The van der Waals surface area contributed by atoms with E-state index in [0.29, 0.717) is 24.1 Å². The van der Waals surface area contributed by atoms with E-state index in [4.69, 9.17) is 4.42 Å². The Bertz CT molecular complexity index is 365. The van der Waals surface area contributed by atoms with Crippen LogP contribution >= 0.6 is 11.8 Å². The molecule has 1 heterocycles. The predicted octanol–water partition coefficient (Wildman–Crippen LogP) is 2.65. The third-order valence-corrected chi connectivity index (χ3v) is 2.35. The molecule has 0 aliphatic heterocycles. The van der Waals surface area contributed by atoms with Gasteiger partial charge < -0.3 is 9.73 Å². The summed E-state index contributed by atoms with van der Waals surface area (Å²) in [6.45, 7) is 3.78. The monoisotopic (exact) mass is 247 g/mol. The minimum absolute atomic E-state index is 0.0480. The van der Waals surface area contributed by atoms with Crippen LogP contribution in [0.5, 0.6) is 0 Å². The number of hydrogen-bond acceptors (Lipinski definition) is 3. The lowest BCUT2D eigenvalue weighted by Gasteiger charge is -1.98. The molecule has 1 amide bonds. The number of amides is 1. The van der Waals surface area contributed by atoms with Crippen LogP contribution in [0.4, 0.5) is 8.78 Å². The van der Waals surface area contributed by atoms with Crippen LogP contribution in [-0.4, -0.2) is 18.2 Å². The van der Waals surface area contributed by atoms with Crippen molar-refractivity contribution in [3.8, 4) is 0 Å². The predicted molar refractivity (Wildman–Crippen MR) is 58.5 cm³/mol. The van der Waals surface area contributed by atoms with Crippen LogP contribution in [0.2, 0.25) is 0 Å². The van der Waals surface area contributed by atoms with Crippen molar-refractivity contribution in [2.24, 2.45) is 0 Å². The zero-order valence-electron chi connectivity index (χ0n) is 8.41. The average Bonchev–Trinajstić information content (AvgIpc) is 2.71. The lowest BCUT2D eigenvalue weighted by molar-refractivity contribution is 0.0929. The van der Waals surface area contributed by atoms with Gasteiger partial charge >= 0.3 is 0 Å². The standard InChI is InChI=1S/C10H11F2NO2S/c1-2-5-13-9(14)8-4-3-7(15-8)6-16-10(11)12/h2-4,10H,1,5-6H2,(H,13,14). The average molecular weight is 247 g/mol. The summed E-state index contributed by atoms with van der Waals surface area (Å²) in [6.07, 6.45) is 1.54. The van der Waals surface area contributed by atoms with Gasteiger partial charge in [-0.1, -0.05) is 17.8 Å². The molecule has 1 rings (SSSR count). The van der Waals surface area contributed by atoms with Crippen molar-refractivity contribution in [3.05, 3.63) is 36.3 Å². The SMILES string of the molecule is C=CCNC(=O)c1ccc(CSC(F)F)o1. The fraction of sp³-hybridized carbons (Fsp3) is 0.300. The van der Waals surface area contributed by atoms with E-state index in [9.17, 15) is 13.6 Å². The number of carbonyl (C=O) groups is 1. The first-order chi connectivity index (χ1) is 7.63. The van der Waals surface area contributed by atoms with Crippen LogP contribution in [0, 0.1) is 0 Å². The van der Waals surface area contributed by atoms with Gasteiger partial charge in [0, 0.05) is 6.54 Å². The molecule has 0 spiro atoms. The Morgan fingerprint density at radius 2 is 2.38 bits per heavy atom. The third-order valence-electron chi connectivity index (χ3n) is 1.64. The fourth-order valence-electron chi connectivity index (χ4n) is 0.975. The Labute approximate surface area is 95.9 Å². The van der Waals surface area contributed by atoms with Gasteiger partial charge in [0.15, 0.2) is 5.76 Å². The van der Waals surface area contributed by atoms with Crippen LogP contribution in [0.15, 0.2) is 29.2 Å². The van der Waals surface area contributed by atoms with Crippen molar-refractivity contribution in [1.29, 1.82) is 0 Å². The topological polar surface area (TPSA) is 42.2 Å². The van der Waals surface area contributed by atoms with E-state index in [2.05, 4.69) is 11.9 Å². The number of nitrogens with one attached hydrogen (secondary N) is 1. The Morgan fingerprint density at radius 1 is 1.62 bits per heavy atom. The highest BCUT2D eigenvalue weighted by Crippen LogP contribution is 2.21. The second-order valence-electron chi connectivity index (χ2n) is 2.84. The first-order valence-electron chi connectivity index (χ1n) is 4.51. The summed E-state index contributed by atoms with van der Waals surface area (Å²) >= 11 is 0.452. The second kappa shape index (κ2) is 6.32. The molecule has 6 heteroatoms. The van der Waals surface area contributed by atoms with Crippen LogP contribution in [0.3, 0.4) is 0 Å². The van der Waals surface area contributed by atoms with Gasteiger partial charge in [-0.05, 0) is 12.1 Å². The van der Waals surface area contributed by atoms with E-state index in [1.54, 1.807) is 0 Å². The summed E-state index contributed by atoms with van der Waals surface area (Å²) in [5.41, 5.74) is 0. The van der Waals surface area contributed by atoms with Crippen molar-refractivity contribution in [2.45, 2.75) is 11.5 Å². The molecular weight excluding hydrogens is 236 g/mol. The maximum Gasteiger partial charge on any atom is 0.287 e. The molecule has 88 valence electrons. The van der Waals surface area contributed by atoms with Crippen molar-refractivity contribution < 1.29 is 18.0 Å². The molecular formula is C10H11F2NO2S. The van der Waals surface area contributed by atoms with E-state index < -0.39 is 5.76 Å². The molecule has 0 aliphatic carbocycles. The molecule has 1 aromatic heterocycles. The molecule has 0 saturated heterocycles. The van der Waals surface area contributed by atoms with E-state index in [0.717, 1.165) is 0 Å². The first kappa shape index (κ1) is 12.8. The van der Waals surface area contributed by atoms with Gasteiger partial charge in [-0.2, -0.15) is 8.78 Å². The van der Waals surface area contributed by atoms with Gasteiger partial charge in [-0.25, -0.2) is 0 Å². The molecule has 0 aromatic carbocycles. The molecule has 0 bridgehead atoms. The van der Waals surface area contributed by atoms with Crippen LogP contribution in [0.25, 0.3) is 0 Å². The fourth-order valence-corrected chi connectivity index (χ4v) is 1.42. The lowest BCUT2D eigenvalue weighted by Crippen LogP contribution is -2.22. The maximum absolute atomic E-state index is 11.9. The summed E-state index contributed by atoms with van der Waals surface area (Å²) < 4.78 is 28.9. The Kier molecular flexibility index (Phi) is 5.04. The normalized spacial score (nSPS) is 10.4. The van der Waals surface area contributed by atoms with Crippen molar-refractivity contribution >= 4 is 17.7 Å². The minimum Gasteiger partial charge on any atom is -0.455 e. The number of thioether (sulfide) groups is 1. The minimum atomic E-state index is -2.44. The quantitative estimate of drug-likeness (QED) is 0.786. The number of furan rings is 1. The summed E-state index contributed by atoms with van der Waals surface area (Å²) in [5, 5.41) is 2.52. The molecule has 3 nitrogen and oxygen atoms in total. The van der Waals surface area contributed by atoms with Gasteiger partial charge in [0.05, 0.1) is 5.75 Å². The smallest absolute Gasteiger partial charge is 0.287 e. The van der Waals surface area contributed by atoms with Crippen molar-refractivity contribution in [2.75, 3.05) is 6.54 Å². The molecule has 0 saturated carbocycles. The summed E-state index contributed by atoms with van der Waals surface area (Å²) in [5.74, 6) is -2.30. The highest BCUT2D eigenvalue weighted by molar-refractivity contribution is 7.98. The van der Waals surface area contributed by atoms with Crippen LogP contribution in [0.1, 0.15) is 16.3 Å². The molecule has 0 aliphatic rings.